The number of carbonyl (C=O) groups is 1. The van der Waals surface area contributed by atoms with Crippen LogP contribution in [0, 0.1) is 0 Å². The summed E-state index contributed by atoms with van der Waals surface area (Å²) in [5, 5.41) is 2.65. The van der Waals surface area contributed by atoms with Crippen molar-refractivity contribution in [2.75, 3.05) is 12.8 Å². The third-order valence-corrected chi connectivity index (χ3v) is 5.40. The Balaban J connectivity index is 1.89. The smallest absolute Gasteiger partial charge is 0.383 e. The first-order valence-corrected chi connectivity index (χ1v) is 11.7. The Morgan fingerprint density at radius 2 is 2.03 bits per heavy atom. The molecule has 0 aliphatic carbocycles. The lowest BCUT2D eigenvalue weighted by Gasteiger charge is -2.24. The minimum absolute atomic E-state index is 0.0163. The molecule has 1 N–H and O–H groups in total. The van der Waals surface area contributed by atoms with Crippen molar-refractivity contribution in [1.82, 2.24) is 10.2 Å². The molecule has 12 heteroatoms. The van der Waals surface area contributed by atoms with Gasteiger partial charge in [-0.25, -0.2) is 0 Å². The Labute approximate surface area is 185 Å². The first kappa shape index (κ1) is 23.3. The van der Waals surface area contributed by atoms with E-state index in [1.165, 1.54) is 6.92 Å². The summed E-state index contributed by atoms with van der Waals surface area (Å²) in [7, 11) is -4.04. The summed E-state index contributed by atoms with van der Waals surface area (Å²) in [6.07, 6.45) is -0.621. The van der Waals surface area contributed by atoms with Crippen LogP contribution in [0.1, 0.15) is 31.0 Å². The molecule has 0 aromatic heterocycles. The molecule has 1 amide bonds. The van der Waals surface area contributed by atoms with Gasteiger partial charge in [0.25, 0.3) is 5.91 Å². The topological polar surface area (TPSA) is 88.1 Å². The SMILES string of the molecule is C[C@@H]1CN2C=C(Br)C=C(C(=O)N[C@H](C)c3cc(OS(C)(=O)=O)cc(C(F)(F)F)c3)C2=N1. The molecule has 0 fully saturated rings. The monoisotopic (exact) mass is 521 g/mol. The van der Waals surface area contributed by atoms with Gasteiger partial charge < -0.3 is 14.4 Å². The fraction of sp³-hybridized carbons (Fsp3) is 0.368. The van der Waals surface area contributed by atoms with Gasteiger partial charge >= 0.3 is 16.3 Å². The molecule has 0 saturated heterocycles. The van der Waals surface area contributed by atoms with E-state index >= 15 is 0 Å². The molecule has 1 aromatic rings. The number of fused-ring (bicyclic) bond motifs is 1. The van der Waals surface area contributed by atoms with E-state index in [9.17, 15) is 26.4 Å². The molecule has 168 valence electrons. The molecule has 0 radical (unpaired) electrons. The fourth-order valence-corrected chi connectivity index (χ4v) is 4.13. The zero-order chi connectivity index (χ0) is 23.1. The average molecular weight is 522 g/mol. The maximum atomic E-state index is 13.3. The minimum atomic E-state index is -4.73. The van der Waals surface area contributed by atoms with Crippen LogP contribution in [0.3, 0.4) is 0 Å². The third-order valence-electron chi connectivity index (χ3n) is 4.47. The molecule has 2 aliphatic heterocycles. The van der Waals surface area contributed by atoms with Gasteiger partial charge in [0.05, 0.1) is 29.5 Å². The van der Waals surface area contributed by atoms with Crippen LogP contribution in [-0.4, -0.2) is 43.9 Å². The van der Waals surface area contributed by atoms with E-state index in [2.05, 4.69) is 30.4 Å². The largest absolute Gasteiger partial charge is 0.416 e. The fourth-order valence-electron chi connectivity index (χ4n) is 3.21. The second kappa shape index (κ2) is 8.30. The lowest BCUT2D eigenvalue weighted by Crippen LogP contribution is -2.36. The number of hydrogen-bond donors (Lipinski definition) is 1. The van der Waals surface area contributed by atoms with Crippen molar-refractivity contribution in [1.29, 1.82) is 0 Å². The maximum absolute atomic E-state index is 13.3. The van der Waals surface area contributed by atoms with Gasteiger partial charge in [-0.3, -0.25) is 9.79 Å². The summed E-state index contributed by atoms with van der Waals surface area (Å²) in [6.45, 7) is 3.99. The number of rotatable bonds is 5. The maximum Gasteiger partial charge on any atom is 0.416 e. The summed E-state index contributed by atoms with van der Waals surface area (Å²) in [6, 6.07) is 1.69. The zero-order valence-electron chi connectivity index (χ0n) is 16.7. The van der Waals surface area contributed by atoms with E-state index in [0.29, 0.717) is 22.9 Å². The number of halogens is 4. The van der Waals surface area contributed by atoms with Crippen LogP contribution in [0.2, 0.25) is 0 Å². The Hall–Kier alpha value is -2.34. The van der Waals surface area contributed by atoms with Gasteiger partial charge in [0.15, 0.2) is 0 Å². The molecule has 31 heavy (non-hydrogen) atoms. The van der Waals surface area contributed by atoms with E-state index in [4.69, 9.17) is 0 Å². The molecule has 7 nitrogen and oxygen atoms in total. The number of aliphatic imine (C=N–C) groups is 1. The van der Waals surface area contributed by atoms with E-state index in [1.54, 1.807) is 12.3 Å². The third kappa shape index (κ3) is 5.67. The van der Waals surface area contributed by atoms with Crippen LogP contribution < -0.4 is 9.50 Å². The molecule has 2 aliphatic rings. The number of amides is 1. The molecule has 2 atom stereocenters. The molecule has 0 spiro atoms. The predicted octanol–water partition coefficient (Wildman–Crippen LogP) is 3.50. The van der Waals surface area contributed by atoms with Crippen molar-refractivity contribution in [2.45, 2.75) is 32.1 Å². The van der Waals surface area contributed by atoms with Gasteiger partial charge in [-0.05, 0) is 59.6 Å². The normalized spacial score (nSPS) is 19.8. The Kier molecular flexibility index (Phi) is 6.25. The Morgan fingerprint density at radius 1 is 1.35 bits per heavy atom. The summed E-state index contributed by atoms with van der Waals surface area (Å²) in [5.41, 5.74) is -0.788. The van der Waals surface area contributed by atoms with E-state index in [1.807, 2.05) is 11.8 Å². The number of hydrogen-bond acceptors (Lipinski definition) is 6. The highest BCUT2D eigenvalue weighted by Crippen LogP contribution is 2.35. The van der Waals surface area contributed by atoms with Crippen LogP contribution in [-0.2, 0) is 21.1 Å². The van der Waals surface area contributed by atoms with E-state index in [-0.39, 0.29) is 17.2 Å². The molecule has 2 heterocycles. The number of amidine groups is 1. The van der Waals surface area contributed by atoms with E-state index in [0.717, 1.165) is 18.4 Å². The second-order valence-corrected chi connectivity index (χ2v) is 9.79. The number of allylic oxidation sites excluding steroid dienone is 2. The van der Waals surface area contributed by atoms with Gasteiger partial charge in [-0.2, -0.15) is 21.6 Å². The first-order valence-electron chi connectivity index (χ1n) is 9.09. The number of nitrogens with zero attached hydrogens (tertiary/aromatic N) is 2. The van der Waals surface area contributed by atoms with Crippen molar-refractivity contribution >= 4 is 37.8 Å². The van der Waals surface area contributed by atoms with Gasteiger partial charge in [0.2, 0.25) is 0 Å². The van der Waals surface area contributed by atoms with Crippen molar-refractivity contribution < 1.29 is 30.6 Å². The molecule has 1 aromatic carbocycles. The Bertz CT molecular complexity index is 1110. The highest BCUT2D eigenvalue weighted by molar-refractivity contribution is 9.11. The highest BCUT2D eigenvalue weighted by atomic mass is 79.9. The minimum Gasteiger partial charge on any atom is -0.383 e. The van der Waals surface area contributed by atoms with Crippen molar-refractivity contribution in [3.8, 4) is 5.75 Å². The van der Waals surface area contributed by atoms with Crippen LogP contribution in [0.5, 0.6) is 5.75 Å². The number of carbonyl (C=O) groups excluding carboxylic acids is 1. The summed E-state index contributed by atoms with van der Waals surface area (Å²) < 4.78 is 67.9. The van der Waals surface area contributed by atoms with Crippen molar-refractivity contribution in [3.63, 3.8) is 0 Å². The van der Waals surface area contributed by atoms with Gasteiger partial charge in [0.1, 0.15) is 11.6 Å². The van der Waals surface area contributed by atoms with Crippen LogP contribution in [0.4, 0.5) is 13.2 Å². The molecular weight excluding hydrogens is 503 g/mol. The lowest BCUT2D eigenvalue weighted by molar-refractivity contribution is -0.137. The quantitative estimate of drug-likeness (QED) is 0.599. The van der Waals surface area contributed by atoms with Gasteiger partial charge in [0, 0.05) is 17.2 Å². The van der Waals surface area contributed by atoms with E-state index < -0.39 is 39.6 Å². The summed E-state index contributed by atoms with van der Waals surface area (Å²) in [5.74, 6) is -0.542. The zero-order valence-corrected chi connectivity index (χ0v) is 19.1. The van der Waals surface area contributed by atoms with Gasteiger partial charge in [-0.15, -0.1) is 0 Å². The molecule has 0 unspecified atom stereocenters. The lowest BCUT2D eigenvalue weighted by atomic mass is 10.0. The van der Waals surface area contributed by atoms with Crippen LogP contribution in [0.25, 0.3) is 0 Å². The summed E-state index contributed by atoms with van der Waals surface area (Å²) >= 11 is 3.34. The molecular formula is C19H19BrF3N3O4S. The number of nitrogens with one attached hydrogen (secondary N) is 1. The molecule has 3 rings (SSSR count). The standard InChI is InChI=1S/C19H19BrF3N3O4S/c1-10-8-26-9-14(20)7-16(17(26)24-10)18(27)25-11(2)12-4-13(19(21,22)23)6-15(5-12)30-31(3,28)29/h4-7,9-11H,8H2,1-3H3,(H,25,27)/t10-,11-/m1/s1. The number of benzene rings is 1. The van der Waals surface area contributed by atoms with Crippen molar-refractivity contribution in [2.24, 2.45) is 4.99 Å². The number of alkyl halides is 3. The van der Waals surface area contributed by atoms with Crippen LogP contribution in [0.15, 0.2) is 45.5 Å². The predicted molar refractivity (Wildman–Crippen MR) is 112 cm³/mol. The first-order chi connectivity index (χ1) is 14.2. The average Bonchev–Trinajstić information content (AvgIpc) is 2.98. The van der Waals surface area contributed by atoms with Crippen LogP contribution >= 0.6 is 15.9 Å². The highest BCUT2D eigenvalue weighted by Gasteiger charge is 2.33. The summed E-state index contributed by atoms with van der Waals surface area (Å²) in [4.78, 5) is 19.1. The molecule has 0 saturated carbocycles. The van der Waals surface area contributed by atoms with Crippen molar-refractivity contribution in [3.05, 3.63) is 51.7 Å². The molecule has 0 bridgehead atoms. The van der Waals surface area contributed by atoms with Gasteiger partial charge in [-0.1, -0.05) is 0 Å². The second-order valence-electron chi connectivity index (χ2n) is 7.30. The Morgan fingerprint density at radius 3 is 2.65 bits per heavy atom.